The fourth-order valence-corrected chi connectivity index (χ4v) is 1.99. The molecule has 0 saturated heterocycles. The molecule has 5 nitrogen and oxygen atoms in total. The van der Waals surface area contributed by atoms with Gasteiger partial charge in [0, 0.05) is 37.8 Å². The maximum absolute atomic E-state index is 12.1. The Hall–Kier alpha value is -2.14. The number of carbonyl (C=O) groups is 2. The van der Waals surface area contributed by atoms with Crippen molar-refractivity contribution in [1.29, 1.82) is 0 Å². The lowest BCUT2D eigenvalue weighted by molar-refractivity contribution is -0.117. The highest BCUT2D eigenvalue weighted by atomic mass is 16.5. The van der Waals surface area contributed by atoms with Crippen LogP contribution in [0.1, 0.15) is 10.4 Å². The van der Waals surface area contributed by atoms with Gasteiger partial charge in [0.2, 0.25) is 0 Å². The van der Waals surface area contributed by atoms with E-state index in [4.69, 9.17) is 4.74 Å². The number of benzene rings is 1. The van der Waals surface area contributed by atoms with Crippen LogP contribution in [0.25, 0.3) is 10.9 Å². The molecular formula is C14H16N2O3. The van der Waals surface area contributed by atoms with E-state index in [0.717, 1.165) is 10.9 Å². The third kappa shape index (κ3) is 2.66. The summed E-state index contributed by atoms with van der Waals surface area (Å²) in [5.41, 5.74) is 1.35. The van der Waals surface area contributed by atoms with Gasteiger partial charge < -0.3 is 14.6 Å². The molecule has 1 amide bonds. The van der Waals surface area contributed by atoms with Gasteiger partial charge in [0.25, 0.3) is 11.7 Å². The summed E-state index contributed by atoms with van der Waals surface area (Å²) in [7, 11) is 3.39. The van der Waals surface area contributed by atoms with Crippen LogP contribution < -0.4 is 5.32 Å². The Morgan fingerprint density at radius 2 is 2.05 bits per heavy atom. The minimum absolute atomic E-state index is 0.325. The summed E-state index contributed by atoms with van der Waals surface area (Å²) in [6.07, 6.45) is 1.68. The Balaban J connectivity index is 2.24. The molecule has 1 aromatic carbocycles. The van der Waals surface area contributed by atoms with E-state index in [9.17, 15) is 9.59 Å². The SMILES string of the molecule is COCCNC(=O)C(=O)c1cn(C)c2ccccc12. The number of nitrogens with zero attached hydrogens (tertiary/aromatic N) is 1. The lowest BCUT2D eigenvalue weighted by atomic mass is 10.1. The number of fused-ring (bicyclic) bond motifs is 1. The van der Waals surface area contributed by atoms with Crippen LogP contribution in [0.5, 0.6) is 0 Å². The number of methoxy groups -OCH3 is 1. The molecular weight excluding hydrogens is 244 g/mol. The van der Waals surface area contributed by atoms with Gasteiger partial charge in [-0.05, 0) is 6.07 Å². The smallest absolute Gasteiger partial charge is 0.292 e. The van der Waals surface area contributed by atoms with Crippen molar-refractivity contribution in [3.8, 4) is 0 Å². The predicted molar refractivity (Wildman–Crippen MR) is 72.1 cm³/mol. The number of ether oxygens (including phenoxy) is 1. The van der Waals surface area contributed by atoms with Crippen LogP contribution >= 0.6 is 0 Å². The Morgan fingerprint density at radius 1 is 1.32 bits per heavy atom. The number of aryl methyl sites for hydroxylation is 1. The van der Waals surface area contributed by atoms with E-state index in [0.29, 0.717) is 18.7 Å². The maximum Gasteiger partial charge on any atom is 0.292 e. The minimum atomic E-state index is -0.603. The van der Waals surface area contributed by atoms with Crippen molar-refractivity contribution < 1.29 is 14.3 Å². The number of aromatic nitrogens is 1. The van der Waals surface area contributed by atoms with Gasteiger partial charge >= 0.3 is 0 Å². The highest BCUT2D eigenvalue weighted by Gasteiger charge is 2.20. The van der Waals surface area contributed by atoms with Gasteiger partial charge in [-0.25, -0.2) is 0 Å². The molecule has 0 spiro atoms. The number of ketones is 1. The third-order valence-electron chi connectivity index (χ3n) is 2.94. The normalized spacial score (nSPS) is 10.6. The molecule has 0 atom stereocenters. The van der Waals surface area contributed by atoms with E-state index in [2.05, 4.69) is 5.32 Å². The number of hydrogen-bond donors (Lipinski definition) is 1. The van der Waals surface area contributed by atoms with Gasteiger partial charge in [-0.3, -0.25) is 9.59 Å². The number of carbonyl (C=O) groups excluding carboxylic acids is 2. The Labute approximate surface area is 111 Å². The van der Waals surface area contributed by atoms with E-state index in [1.54, 1.807) is 13.3 Å². The fourth-order valence-electron chi connectivity index (χ4n) is 1.99. The van der Waals surface area contributed by atoms with E-state index < -0.39 is 11.7 Å². The molecule has 1 N–H and O–H groups in total. The molecule has 100 valence electrons. The molecule has 0 radical (unpaired) electrons. The minimum Gasteiger partial charge on any atom is -0.383 e. The first-order valence-corrected chi connectivity index (χ1v) is 6.00. The van der Waals surface area contributed by atoms with Crippen LogP contribution in [-0.2, 0) is 16.6 Å². The zero-order valence-corrected chi connectivity index (χ0v) is 11.0. The zero-order chi connectivity index (χ0) is 13.8. The van der Waals surface area contributed by atoms with E-state index in [-0.39, 0.29) is 0 Å². The number of nitrogens with one attached hydrogen (secondary N) is 1. The topological polar surface area (TPSA) is 60.3 Å². The van der Waals surface area contributed by atoms with Gasteiger partial charge in [-0.15, -0.1) is 0 Å². The highest BCUT2D eigenvalue weighted by Crippen LogP contribution is 2.20. The molecule has 1 heterocycles. The largest absolute Gasteiger partial charge is 0.383 e. The molecule has 5 heteroatoms. The summed E-state index contributed by atoms with van der Waals surface area (Å²) in [5.74, 6) is -1.12. The van der Waals surface area contributed by atoms with Crippen molar-refractivity contribution in [2.75, 3.05) is 20.3 Å². The zero-order valence-electron chi connectivity index (χ0n) is 11.0. The summed E-state index contributed by atoms with van der Waals surface area (Å²) in [6.45, 7) is 0.709. The average Bonchev–Trinajstić information content (AvgIpc) is 2.76. The first-order chi connectivity index (χ1) is 9.15. The van der Waals surface area contributed by atoms with Crippen molar-refractivity contribution >= 4 is 22.6 Å². The monoisotopic (exact) mass is 260 g/mol. The van der Waals surface area contributed by atoms with E-state index >= 15 is 0 Å². The van der Waals surface area contributed by atoms with Crippen LogP contribution in [0.15, 0.2) is 30.5 Å². The summed E-state index contributed by atoms with van der Waals surface area (Å²) in [4.78, 5) is 23.8. The second-order valence-corrected chi connectivity index (χ2v) is 4.25. The second-order valence-electron chi connectivity index (χ2n) is 4.25. The van der Waals surface area contributed by atoms with Crippen LogP contribution in [-0.4, -0.2) is 36.5 Å². The molecule has 0 bridgehead atoms. The molecule has 0 aliphatic heterocycles. The third-order valence-corrected chi connectivity index (χ3v) is 2.94. The molecule has 0 aliphatic carbocycles. The summed E-state index contributed by atoms with van der Waals surface area (Å²) >= 11 is 0. The Kier molecular flexibility index (Phi) is 3.97. The number of hydrogen-bond acceptors (Lipinski definition) is 3. The summed E-state index contributed by atoms with van der Waals surface area (Å²) in [6, 6.07) is 7.50. The van der Waals surface area contributed by atoms with Crippen LogP contribution in [0.4, 0.5) is 0 Å². The molecule has 2 aromatic rings. The standard InChI is InChI=1S/C14H16N2O3/c1-16-9-11(10-5-3-4-6-12(10)16)13(17)14(18)15-7-8-19-2/h3-6,9H,7-8H2,1-2H3,(H,15,18). The molecule has 0 fully saturated rings. The predicted octanol–water partition coefficient (Wildman–Crippen LogP) is 1.12. The number of para-hydroxylation sites is 1. The van der Waals surface area contributed by atoms with Crippen LogP contribution in [0, 0.1) is 0 Å². The first-order valence-electron chi connectivity index (χ1n) is 6.00. The van der Waals surface area contributed by atoms with Crippen molar-refractivity contribution in [1.82, 2.24) is 9.88 Å². The highest BCUT2D eigenvalue weighted by molar-refractivity contribution is 6.45. The van der Waals surface area contributed by atoms with Crippen LogP contribution in [0.3, 0.4) is 0 Å². The average molecular weight is 260 g/mol. The van der Waals surface area contributed by atoms with Gasteiger partial charge in [-0.1, -0.05) is 18.2 Å². The Morgan fingerprint density at radius 3 is 2.79 bits per heavy atom. The molecule has 2 rings (SSSR count). The number of rotatable bonds is 5. The lowest BCUT2D eigenvalue weighted by Crippen LogP contribution is -2.33. The molecule has 1 aromatic heterocycles. The van der Waals surface area contributed by atoms with Crippen molar-refractivity contribution in [2.24, 2.45) is 7.05 Å². The molecule has 0 saturated carbocycles. The lowest BCUT2D eigenvalue weighted by Gasteiger charge is -2.02. The second kappa shape index (κ2) is 5.67. The quantitative estimate of drug-likeness (QED) is 0.498. The molecule has 0 aliphatic rings. The number of Topliss-reactive ketones (excluding diaryl/α,β-unsaturated/α-hetero) is 1. The van der Waals surface area contributed by atoms with Crippen molar-refractivity contribution in [3.05, 3.63) is 36.0 Å². The van der Waals surface area contributed by atoms with Crippen molar-refractivity contribution in [3.63, 3.8) is 0 Å². The van der Waals surface area contributed by atoms with E-state index in [1.807, 2.05) is 35.9 Å². The maximum atomic E-state index is 12.1. The van der Waals surface area contributed by atoms with Gasteiger partial charge in [0.15, 0.2) is 0 Å². The van der Waals surface area contributed by atoms with Gasteiger partial charge in [0.05, 0.1) is 12.2 Å². The summed E-state index contributed by atoms with van der Waals surface area (Å²) in [5, 5.41) is 3.32. The summed E-state index contributed by atoms with van der Waals surface area (Å²) < 4.78 is 6.66. The van der Waals surface area contributed by atoms with Gasteiger partial charge in [-0.2, -0.15) is 0 Å². The number of amides is 1. The fraction of sp³-hybridized carbons (Fsp3) is 0.286. The Bertz CT molecular complexity index is 616. The first kappa shape index (κ1) is 13.3. The molecule has 19 heavy (non-hydrogen) atoms. The van der Waals surface area contributed by atoms with E-state index in [1.165, 1.54) is 0 Å². The molecule has 0 unspecified atom stereocenters. The van der Waals surface area contributed by atoms with Gasteiger partial charge in [0.1, 0.15) is 0 Å². The van der Waals surface area contributed by atoms with Crippen LogP contribution in [0.2, 0.25) is 0 Å². The van der Waals surface area contributed by atoms with Crippen molar-refractivity contribution in [2.45, 2.75) is 0 Å².